The van der Waals surface area contributed by atoms with Gasteiger partial charge in [0.2, 0.25) is 0 Å². The zero-order valence-corrected chi connectivity index (χ0v) is 13.1. The zero-order valence-electron chi connectivity index (χ0n) is 13.1. The van der Waals surface area contributed by atoms with Crippen molar-refractivity contribution in [2.24, 2.45) is 5.41 Å². The Balaban J connectivity index is 4.20. The van der Waals surface area contributed by atoms with E-state index in [0.717, 1.165) is 13.0 Å². The molecule has 2 atom stereocenters. The van der Waals surface area contributed by atoms with E-state index in [9.17, 15) is 0 Å². The summed E-state index contributed by atoms with van der Waals surface area (Å²) in [6.07, 6.45) is 8.43. The van der Waals surface area contributed by atoms with Crippen molar-refractivity contribution < 1.29 is 4.74 Å². The molecular formula is C16H33NO. The van der Waals surface area contributed by atoms with Gasteiger partial charge >= 0.3 is 0 Å². The van der Waals surface area contributed by atoms with Gasteiger partial charge in [0.15, 0.2) is 0 Å². The van der Waals surface area contributed by atoms with E-state index >= 15 is 0 Å². The minimum absolute atomic E-state index is 0.185. The molecule has 0 saturated heterocycles. The third-order valence-corrected chi connectivity index (χ3v) is 3.36. The van der Waals surface area contributed by atoms with Crippen LogP contribution in [0, 0.1) is 5.41 Å². The minimum Gasteiger partial charge on any atom is -0.376 e. The van der Waals surface area contributed by atoms with E-state index in [1.165, 1.54) is 25.7 Å². The number of rotatable bonds is 10. The van der Waals surface area contributed by atoms with Crippen LogP contribution in [0.15, 0.2) is 12.7 Å². The van der Waals surface area contributed by atoms with Gasteiger partial charge in [0.1, 0.15) is 0 Å². The standard InChI is InChI=1S/C16H33NO/c1-7-9-10-11-12-13-14(17-6)15(18-8-2)16(3,4)5/h7,14-15,17H,1,8-13H2,2-6H3. The number of ether oxygens (including phenoxy) is 1. The van der Waals surface area contributed by atoms with Gasteiger partial charge in [0.25, 0.3) is 0 Å². The molecule has 18 heavy (non-hydrogen) atoms. The normalized spacial score (nSPS) is 15.4. The lowest BCUT2D eigenvalue weighted by Crippen LogP contribution is -2.47. The fourth-order valence-corrected chi connectivity index (χ4v) is 2.43. The van der Waals surface area contributed by atoms with E-state index in [2.05, 4.69) is 39.6 Å². The second-order valence-corrected chi connectivity index (χ2v) is 6.06. The number of unbranched alkanes of at least 4 members (excludes halogenated alkanes) is 3. The molecule has 0 spiro atoms. The van der Waals surface area contributed by atoms with E-state index in [0.29, 0.717) is 6.04 Å². The number of likely N-dealkylation sites (N-methyl/N-ethyl adjacent to an activating group) is 1. The first-order valence-corrected chi connectivity index (χ1v) is 7.37. The van der Waals surface area contributed by atoms with Crippen molar-refractivity contribution in [2.45, 2.75) is 71.9 Å². The van der Waals surface area contributed by atoms with E-state index in [4.69, 9.17) is 4.74 Å². The Bertz CT molecular complexity index is 208. The molecule has 0 aromatic rings. The van der Waals surface area contributed by atoms with Crippen molar-refractivity contribution in [3.63, 3.8) is 0 Å². The third kappa shape index (κ3) is 7.17. The quantitative estimate of drug-likeness (QED) is 0.467. The van der Waals surface area contributed by atoms with Gasteiger partial charge in [0, 0.05) is 12.6 Å². The van der Waals surface area contributed by atoms with Gasteiger partial charge in [0.05, 0.1) is 6.10 Å². The first-order valence-electron chi connectivity index (χ1n) is 7.37. The molecule has 0 aliphatic rings. The molecule has 108 valence electrons. The highest BCUT2D eigenvalue weighted by Gasteiger charge is 2.31. The first-order chi connectivity index (χ1) is 8.47. The van der Waals surface area contributed by atoms with E-state index < -0.39 is 0 Å². The van der Waals surface area contributed by atoms with Crippen molar-refractivity contribution in [1.82, 2.24) is 5.32 Å². The first kappa shape index (κ1) is 17.7. The summed E-state index contributed by atoms with van der Waals surface area (Å²) in [6.45, 7) is 13.4. The second kappa shape index (κ2) is 9.57. The smallest absolute Gasteiger partial charge is 0.0775 e. The summed E-state index contributed by atoms with van der Waals surface area (Å²) >= 11 is 0. The molecular weight excluding hydrogens is 222 g/mol. The summed E-state index contributed by atoms with van der Waals surface area (Å²) in [7, 11) is 2.05. The highest BCUT2D eigenvalue weighted by Crippen LogP contribution is 2.27. The molecule has 0 bridgehead atoms. The molecule has 2 nitrogen and oxygen atoms in total. The molecule has 2 unspecified atom stereocenters. The summed E-state index contributed by atoms with van der Waals surface area (Å²) in [6, 6.07) is 0.452. The molecule has 0 aromatic carbocycles. The average Bonchev–Trinajstić information content (AvgIpc) is 2.30. The van der Waals surface area contributed by atoms with Crippen LogP contribution in [-0.4, -0.2) is 25.8 Å². The highest BCUT2D eigenvalue weighted by molar-refractivity contribution is 4.85. The van der Waals surface area contributed by atoms with Gasteiger partial charge in [-0.2, -0.15) is 0 Å². The predicted molar refractivity (Wildman–Crippen MR) is 81.0 cm³/mol. The van der Waals surface area contributed by atoms with Gasteiger partial charge in [-0.05, 0) is 38.6 Å². The zero-order chi connectivity index (χ0) is 14.0. The topological polar surface area (TPSA) is 21.3 Å². The van der Waals surface area contributed by atoms with Crippen LogP contribution in [0.25, 0.3) is 0 Å². The Morgan fingerprint density at radius 2 is 1.89 bits per heavy atom. The van der Waals surface area contributed by atoms with Crippen molar-refractivity contribution in [3.05, 3.63) is 12.7 Å². The Labute approximate surface area is 114 Å². The van der Waals surface area contributed by atoms with Crippen LogP contribution in [0.2, 0.25) is 0 Å². The predicted octanol–water partition coefficient (Wildman–Crippen LogP) is 4.16. The Morgan fingerprint density at radius 3 is 2.33 bits per heavy atom. The highest BCUT2D eigenvalue weighted by atomic mass is 16.5. The van der Waals surface area contributed by atoms with Crippen LogP contribution >= 0.6 is 0 Å². The maximum absolute atomic E-state index is 5.96. The lowest BCUT2D eigenvalue weighted by Gasteiger charge is -2.36. The Hall–Kier alpha value is -0.340. The van der Waals surface area contributed by atoms with Crippen molar-refractivity contribution >= 4 is 0 Å². The molecule has 0 heterocycles. The molecule has 0 amide bonds. The molecule has 0 aliphatic carbocycles. The molecule has 1 N–H and O–H groups in total. The van der Waals surface area contributed by atoms with E-state index in [1.807, 2.05) is 13.1 Å². The van der Waals surface area contributed by atoms with Crippen LogP contribution in [0.1, 0.15) is 59.8 Å². The molecule has 0 saturated carbocycles. The number of nitrogens with one attached hydrogen (secondary N) is 1. The molecule has 0 rings (SSSR count). The lowest BCUT2D eigenvalue weighted by atomic mass is 9.82. The second-order valence-electron chi connectivity index (χ2n) is 6.06. The Kier molecular flexibility index (Phi) is 9.39. The van der Waals surface area contributed by atoms with Crippen molar-refractivity contribution in [2.75, 3.05) is 13.7 Å². The SMILES string of the molecule is C=CCCCCCC(NC)C(OCC)C(C)(C)C. The Morgan fingerprint density at radius 1 is 1.22 bits per heavy atom. The number of allylic oxidation sites excluding steroid dienone is 1. The van der Waals surface area contributed by atoms with Gasteiger partial charge in [-0.1, -0.05) is 39.7 Å². The largest absolute Gasteiger partial charge is 0.376 e. The summed E-state index contributed by atoms with van der Waals surface area (Å²) < 4.78 is 5.96. The monoisotopic (exact) mass is 255 g/mol. The molecule has 0 aromatic heterocycles. The molecule has 0 aliphatic heterocycles. The van der Waals surface area contributed by atoms with Crippen LogP contribution in [0.3, 0.4) is 0 Å². The lowest BCUT2D eigenvalue weighted by molar-refractivity contribution is -0.0363. The maximum Gasteiger partial charge on any atom is 0.0775 e. The van der Waals surface area contributed by atoms with E-state index in [1.54, 1.807) is 0 Å². The van der Waals surface area contributed by atoms with Crippen LogP contribution in [0.4, 0.5) is 0 Å². The van der Waals surface area contributed by atoms with Crippen LogP contribution < -0.4 is 5.32 Å². The van der Waals surface area contributed by atoms with Gasteiger partial charge in [-0.3, -0.25) is 0 Å². The number of hydrogen-bond donors (Lipinski definition) is 1. The fourth-order valence-electron chi connectivity index (χ4n) is 2.43. The van der Waals surface area contributed by atoms with E-state index in [-0.39, 0.29) is 11.5 Å². The van der Waals surface area contributed by atoms with Crippen LogP contribution in [0.5, 0.6) is 0 Å². The molecule has 0 fully saturated rings. The molecule has 0 radical (unpaired) electrons. The maximum atomic E-state index is 5.96. The van der Waals surface area contributed by atoms with Gasteiger partial charge in [-0.15, -0.1) is 6.58 Å². The summed E-state index contributed by atoms with van der Waals surface area (Å²) in [5, 5.41) is 3.44. The van der Waals surface area contributed by atoms with Crippen LogP contribution in [-0.2, 0) is 4.74 Å². The fraction of sp³-hybridized carbons (Fsp3) is 0.875. The van der Waals surface area contributed by atoms with Gasteiger partial charge in [-0.25, -0.2) is 0 Å². The minimum atomic E-state index is 0.185. The summed E-state index contributed by atoms with van der Waals surface area (Å²) in [4.78, 5) is 0. The number of hydrogen-bond acceptors (Lipinski definition) is 2. The molecule has 2 heteroatoms. The van der Waals surface area contributed by atoms with Gasteiger partial charge < -0.3 is 10.1 Å². The average molecular weight is 255 g/mol. The summed E-state index contributed by atoms with van der Waals surface area (Å²) in [5.74, 6) is 0. The summed E-state index contributed by atoms with van der Waals surface area (Å²) in [5.41, 5.74) is 0.185. The third-order valence-electron chi connectivity index (χ3n) is 3.36. The van der Waals surface area contributed by atoms with Crippen molar-refractivity contribution in [3.8, 4) is 0 Å². The van der Waals surface area contributed by atoms with Crippen molar-refractivity contribution in [1.29, 1.82) is 0 Å².